The number of fused-ring (bicyclic) bond motifs is 2. The summed E-state index contributed by atoms with van der Waals surface area (Å²) in [5.74, 6) is 1.34. The van der Waals surface area contributed by atoms with E-state index in [1.54, 1.807) is 0 Å². The van der Waals surface area contributed by atoms with E-state index in [9.17, 15) is 4.79 Å². The standard InChI is InChI=1S/C22H33N3O2/c1-15(25-8-10-27-11-9-25)16-4-3-7-20(14-16)24-22(26)19-12-17-5-2-6-18(13-19)21(17)23/h3-4,7,14-15,17-19,21H,2,5-6,8-13,23H2,1H3,(H,24,26). The number of carbonyl (C=O) groups excluding carboxylic acids is 1. The molecule has 3 N–H and O–H groups in total. The third-order valence-electron chi connectivity index (χ3n) is 7.01. The van der Waals surface area contributed by atoms with Crippen molar-refractivity contribution >= 4 is 11.6 Å². The first kappa shape index (κ1) is 18.9. The van der Waals surface area contributed by atoms with Gasteiger partial charge in [-0.2, -0.15) is 0 Å². The van der Waals surface area contributed by atoms with E-state index in [2.05, 4.69) is 29.3 Å². The number of hydrogen-bond acceptors (Lipinski definition) is 4. The number of nitrogens with zero attached hydrogens (tertiary/aromatic N) is 1. The van der Waals surface area contributed by atoms with Gasteiger partial charge in [0, 0.05) is 36.8 Å². The molecule has 2 aliphatic carbocycles. The molecule has 1 heterocycles. The minimum Gasteiger partial charge on any atom is -0.379 e. The predicted molar refractivity (Wildman–Crippen MR) is 107 cm³/mol. The average Bonchev–Trinajstić information content (AvgIpc) is 2.68. The van der Waals surface area contributed by atoms with Crippen LogP contribution in [0.25, 0.3) is 0 Å². The van der Waals surface area contributed by atoms with E-state index >= 15 is 0 Å². The quantitative estimate of drug-likeness (QED) is 0.853. The molecule has 1 aromatic carbocycles. The van der Waals surface area contributed by atoms with Gasteiger partial charge in [-0.25, -0.2) is 0 Å². The van der Waals surface area contributed by atoms with Crippen molar-refractivity contribution in [2.24, 2.45) is 23.5 Å². The van der Waals surface area contributed by atoms with E-state index in [1.807, 2.05) is 12.1 Å². The number of morpholine rings is 1. The van der Waals surface area contributed by atoms with Gasteiger partial charge in [0.05, 0.1) is 13.2 Å². The number of hydrogen-bond donors (Lipinski definition) is 2. The van der Waals surface area contributed by atoms with Crippen LogP contribution in [0.4, 0.5) is 5.69 Å². The second kappa shape index (κ2) is 8.29. The molecule has 0 radical (unpaired) electrons. The third kappa shape index (κ3) is 4.20. The largest absolute Gasteiger partial charge is 0.379 e. The van der Waals surface area contributed by atoms with Crippen LogP contribution in [0.1, 0.15) is 50.6 Å². The summed E-state index contributed by atoms with van der Waals surface area (Å²) in [6, 6.07) is 8.97. The first-order chi connectivity index (χ1) is 13.1. The van der Waals surface area contributed by atoms with Crippen molar-refractivity contribution in [3.8, 4) is 0 Å². The Balaban J connectivity index is 1.40. The number of ether oxygens (including phenoxy) is 1. The fourth-order valence-corrected chi connectivity index (χ4v) is 5.30. The highest BCUT2D eigenvalue weighted by molar-refractivity contribution is 5.92. The Morgan fingerprint density at radius 3 is 2.63 bits per heavy atom. The van der Waals surface area contributed by atoms with Crippen molar-refractivity contribution in [2.75, 3.05) is 31.6 Å². The fraction of sp³-hybridized carbons (Fsp3) is 0.682. The molecule has 2 bridgehead atoms. The lowest BCUT2D eigenvalue weighted by molar-refractivity contribution is -0.122. The monoisotopic (exact) mass is 371 g/mol. The predicted octanol–water partition coefficient (Wildman–Crippen LogP) is 3.17. The highest BCUT2D eigenvalue weighted by Crippen LogP contribution is 2.42. The topological polar surface area (TPSA) is 67.6 Å². The van der Waals surface area contributed by atoms with E-state index in [0.717, 1.165) is 44.8 Å². The Morgan fingerprint density at radius 1 is 1.22 bits per heavy atom. The maximum absolute atomic E-state index is 12.9. The molecular formula is C22H33N3O2. The van der Waals surface area contributed by atoms with Crippen LogP contribution in [-0.2, 0) is 9.53 Å². The molecule has 0 spiro atoms. The number of anilines is 1. The molecule has 1 saturated heterocycles. The third-order valence-corrected chi connectivity index (χ3v) is 7.01. The zero-order valence-corrected chi connectivity index (χ0v) is 16.4. The van der Waals surface area contributed by atoms with Gasteiger partial charge in [-0.05, 0) is 62.1 Å². The molecular weight excluding hydrogens is 338 g/mol. The summed E-state index contributed by atoms with van der Waals surface area (Å²) in [5, 5.41) is 3.19. The van der Waals surface area contributed by atoms with Gasteiger partial charge in [0.1, 0.15) is 0 Å². The molecule has 5 heteroatoms. The second-order valence-electron chi connectivity index (χ2n) is 8.64. The van der Waals surface area contributed by atoms with Crippen molar-refractivity contribution in [3.05, 3.63) is 29.8 Å². The van der Waals surface area contributed by atoms with E-state index in [1.165, 1.54) is 24.8 Å². The van der Waals surface area contributed by atoms with Crippen molar-refractivity contribution < 1.29 is 9.53 Å². The molecule has 2 saturated carbocycles. The minimum absolute atomic E-state index is 0.112. The molecule has 5 nitrogen and oxygen atoms in total. The Labute approximate surface area is 162 Å². The van der Waals surface area contributed by atoms with Gasteiger partial charge in [0.2, 0.25) is 5.91 Å². The molecule has 3 unspecified atom stereocenters. The van der Waals surface area contributed by atoms with E-state index in [4.69, 9.17) is 10.5 Å². The highest BCUT2D eigenvalue weighted by atomic mass is 16.5. The Morgan fingerprint density at radius 2 is 1.93 bits per heavy atom. The van der Waals surface area contributed by atoms with Crippen LogP contribution in [0.2, 0.25) is 0 Å². The van der Waals surface area contributed by atoms with Crippen molar-refractivity contribution in [2.45, 2.75) is 51.1 Å². The molecule has 3 aliphatic rings. The Hall–Kier alpha value is -1.43. The number of benzene rings is 1. The summed E-state index contributed by atoms with van der Waals surface area (Å²) in [6.07, 6.45) is 5.56. The molecule has 148 valence electrons. The molecule has 1 amide bonds. The van der Waals surface area contributed by atoms with Gasteiger partial charge in [0.25, 0.3) is 0 Å². The van der Waals surface area contributed by atoms with E-state index in [-0.39, 0.29) is 11.8 Å². The van der Waals surface area contributed by atoms with E-state index < -0.39 is 0 Å². The minimum atomic E-state index is 0.112. The smallest absolute Gasteiger partial charge is 0.227 e. The van der Waals surface area contributed by atoms with Gasteiger partial charge in [-0.3, -0.25) is 9.69 Å². The van der Waals surface area contributed by atoms with Crippen molar-refractivity contribution in [1.29, 1.82) is 0 Å². The van der Waals surface area contributed by atoms with Crippen LogP contribution in [0.5, 0.6) is 0 Å². The molecule has 0 aromatic heterocycles. The summed E-state index contributed by atoms with van der Waals surface area (Å²) < 4.78 is 5.46. The Kier molecular flexibility index (Phi) is 5.81. The Bertz CT molecular complexity index is 645. The van der Waals surface area contributed by atoms with Gasteiger partial charge in [-0.1, -0.05) is 18.6 Å². The van der Waals surface area contributed by atoms with Crippen LogP contribution in [0.3, 0.4) is 0 Å². The zero-order valence-electron chi connectivity index (χ0n) is 16.4. The van der Waals surface area contributed by atoms with Crippen LogP contribution >= 0.6 is 0 Å². The number of nitrogens with two attached hydrogens (primary N) is 1. The van der Waals surface area contributed by atoms with Crippen molar-refractivity contribution in [3.63, 3.8) is 0 Å². The molecule has 1 aliphatic heterocycles. The second-order valence-corrected chi connectivity index (χ2v) is 8.64. The van der Waals surface area contributed by atoms with E-state index in [0.29, 0.717) is 23.9 Å². The average molecular weight is 372 g/mol. The lowest BCUT2D eigenvalue weighted by Crippen LogP contribution is -2.48. The van der Waals surface area contributed by atoms with Gasteiger partial charge < -0.3 is 15.8 Å². The lowest BCUT2D eigenvalue weighted by atomic mass is 9.65. The summed E-state index contributed by atoms with van der Waals surface area (Å²) in [5.41, 5.74) is 8.54. The highest BCUT2D eigenvalue weighted by Gasteiger charge is 2.40. The van der Waals surface area contributed by atoms with Crippen LogP contribution < -0.4 is 11.1 Å². The summed E-state index contributed by atoms with van der Waals surface area (Å²) >= 11 is 0. The molecule has 3 fully saturated rings. The fourth-order valence-electron chi connectivity index (χ4n) is 5.30. The van der Waals surface area contributed by atoms with Gasteiger partial charge in [-0.15, -0.1) is 0 Å². The number of rotatable bonds is 4. The first-order valence-corrected chi connectivity index (χ1v) is 10.6. The van der Waals surface area contributed by atoms with Gasteiger partial charge in [0.15, 0.2) is 0 Å². The maximum atomic E-state index is 12.9. The summed E-state index contributed by atoms with van der Waals surface area (Å²) in [4.78, 5) is 15.3. The summed E-state index contributed by atoms with van der Waals surface area (Å²) in [6.45, 7) is 5.75. The molecule has 3 atom stereocenters. The summed E-state index contributed by atoms with van der Waals surface area (Å²) in [7, 11) is 0. The maximum Gasteiger partial charge on any atom is 0.227 e. The van der Waals surface area contributed by atoms with Gasteiger partial charge >= 0.3 is 0 Å². The van der Waals surface area contributed by atoms with Crippen LogP contribution in [0, 0.1) is 17.8 Å². The zero-order chi connectivity index (χ0) is 18.8. The SMILES string of the molecule is CC(c1cccc(NC(=O)C2CC3CCCC(C2)C3N)c1)N1CCOCC1. The molecule has 4 rings (SSSR count). The number of amides is 1. The normalized spacial score (nSPS) is 32.7. The first-order valence-electron chi connectivity index (χ1n) is 10.6. The van der Waals surface area contributed by atoms with Crippen LogP contribution in [0.15, 0.2) is 24.3 Å². The number of carbonyl (C=O) groups is 1. The van der Waals surface area contributed by atoms with Crippen LogP contribution in [-0.4, -0.2) is 43.2 Å². The lowest BCUT2D eigenvalue weighted by Gasteiger charge is -2.43. The molecule has 1 aromatic rings. The molecule has 27 heavy (non-hydrogen) atoms. The number of nitrogens with one attached hydrogen (secondary N) is 1. The van der Waals surface area contributed by atoms with Crippen molar-refractivity contribution in [1.82, 2.24) is 4.90 Å².